The summed E-state index contributed by atoms with van der Waals surface area (Å²) in [4.78, 5) is 29.7. The van der Waals surface area contributed by atoms with E-state index in [1.165, 1.54) is 25.9 Å². The van der Waals surface area contributed by atoms with Gasteiger partial charge in [-0.3, -0.25) is 4.90 Å². The number of likely N-dealkylation sites (tertiary alicyclic amines) is 1. The number of nitrogens with one attached hydrogen (secondary N) is 1. The van der Waals surface area contributed by atoms with Gasteiger partial charge in [0.25, 0.3) is 0 Å². The van der Waals surface area contributed by atoms with Crippen LogP contribution in [0.2, 0.25) is 0 Å². The zero-order valence-electron chi connectivity index (χ0n) is 20.7. The van der Waals surface area contributed by atoms with Crippen molar-refractivity contribution in [2.24, 2.45) is 5.92 Å². The summed E-state index contributed by atoms with van der Waals surface area (Å²) in [6, 6.07) is 10.3. The Bertz CT molecular complexity index is 1190. The molecule has 0 radical (unpaired) electrons. The van der Waals surface area contributed by atoms with Gasteiger partial charge in [-0.1, -0.05) is 41.7 Å². The molecule has 1 aromatic carbocycles. The van der Waals surface area contributed by atoms with Crippen molar-refractivity contribution in [2.75, 3.05) is 68.8 Å². The zero-order valence-corrected chi connectivity index (χ0v) is 21.5. The van der Waals surface area contributed by atoms with Crippen LogP contribution in [-0.2, 0) is 4.74 Å². The van der Waals surface area contributed by atoms with Crippen molar-refractivity contribution in [1.82, 2.24) is 20.2 Å². The SMILES string of the molecule is O=C1NCCN1c1sc2ncnc(N3CCC(COCCN4CCCC4)CC3)c2c1-c1ccccc1. The van der Waals surface area contributed by atoms with Crippen LogP contribution in [0.4, 0.5) is 15.6 Å². The standard InChI is InChI=1S/C27H34N6O2S/c34-27-28-10-15-33(27)26-22(21-6-2-1-3-7-21)23-24(29-19-30-25(23)36-26)32-13-8-20(9-14-32)18-35-17-16-31-11-4-5-12-31/h1-3,6-7,19-20H,4-5,8-18H2,(H,28,34). The van der Waals surface area contributed by atoms with E-state index in [9.17, 15) is 4.79 Å². The largest absolute Gasteiger partial charge is 0.380 e. The number of piperidine rings is 1. The molecule has 3 aromatic rings. The van der Waals surface area contributed by atoms with Crippen molar-refractivity contribution < 1.29 is 9.53 Å². The van der Waals surface area contributed by atoms with E-state index in [2.05, 4.69) is 32.2 Å². The first kappa shape index (κ1) is 23.6. The first-order valence-electron chi connectivity index (χ1n) is 13.2. The summed E-state index contributed by atoms with van der Waals surface area (Å²) in [7, 11) is 0. The third kappa shape index (κ3) is 4.79. The van der Waals surface area contributed by atoms with E-state index in [-0.39, 0.29) is 6.03 Å². The number of benzene rings is 1. The Hall–Kier alpha value is -2.75. The molecular formula is C27H34N6O2S. The zero-order chi connectivity index (χ0) is 24.3. The van der Waals surface area contributed by atoms with E-state index >= 15 is 0 Å². The predicted molar refractivity (Wildman–Crippen MR) is 145 cm³/mol. The van der Waals surface area contributed by atoms with Gasteiger partial charge in [-0.2, -0.15) is 0 Å². The second kappa shape index (κ2) is 10.7. The maximum absolute atomic E-state index is 12.6. The molecule has 9 heteroatoms. The van der Waals surface area contributed by atoms with E-state index in [1.54, 1.807) is 17.7 Å². The minimum atomic E-state index is -0.0428. The lowest BCUT2D eigenvalue weighted by Gasteiger charge is -2.33. The highest BCUT2D eigenvalue weighted by molar-refractivity contribution is 7.23. The average Bonchev–Trinajstić information content (AvgIpc) is 3.67. The minimum absolute atomic E-state index is 0.0428. The van der Waals surface area contributed by atoms with Gasteiger partial charge in [0, 0.05) is 44.9 Å². The quantitative estimate of drug-likeness (QED) is 0.461. The first-order valence-corrected chi connectivity index (χ1v) is 14.0. The summed E-state index contributed by atoms with van der Waals surface area (Å²) in [5.41, 5.74) is 2.16. The molecule has 2 amide bonds. The van der Waals surface area contributed by atoms with Gasteiger partial charge in [-0.15, -0.1) is 0 Å². The summed E-state index contributed by atoms with van der Waals surface area (Å²) in [6.45, 7) is 8.45. The number of carbonyl (C=O) groups is 1. The predicted octanol–water partition coefficient (Wildman–Crippen LogP) is 4.22. The van der Waals surface area contributed by atoms with Crippen LogP contribution in [0.5, 0.6) is 0 Å². The Balaban J connectivity index is 1.21. The van der Waals surface area contributed by atoms with E-state index in [1.807, 2.05) is 23.1 Å². The molecule has 36 heavy (non-hydrogen) atoms. The van der Waals surface area contributed by atoms with Gasteiger partial charge in [-0.05, 0) is 50.3 Å². The molecule has 5 heterocycles. The van der Waals surface area contributed by atoms with E-state index in [0.29, 0.717) is 19.0 Å². The van der Waals surface area contributed by atoms with Crippen LogP contribution < -0.4 is 15.1 Å². The Morgan fingerprint density at radius 3 is 2.58 bits per heavy atom. The maximum atomic E-state index is 12.6. The number of amides is 2. The highest BCUT2D eigenvalue weighted by Crippen LogP contribution is 2.47. The van der Waals surface area contributed by atoms with Gasteiger partial charge < -0.3 is 19.9 Å². The van der Waals surface area contributed by atoms with Crippen LogP contribution in [0.15, 0.2) is 36.7 Å². The number of aromatic nitrogens is 2. The third-order valence-corrected chi connectivity index (χ3v) is 8.75. The lowest BCUT2D eigenvalue weighted by Crippen LogP contribution is -2.36. The number of ether oxygens (including phenoxy) is 1. The van der Waals surface area contributed by atoms with E-state index in [0.717, 1.165) is 77.9 Å². The van der Waals surface area contributed by atoms with Gasteiger partial charge in [0.2, 0.25) is 0 Å². The van der Waals surface area contributed by atoms with Gasteiger partial charge >= 0.3 is 6.03 Å². The summed E-state index contributed by atoms with van der Waals surface area (Å²) in [6.07, 6.45) is 6.53. The Kier molecular flexibility index (Phi) is 7.03. The van der Waals surface area contributed by atoms with Crippen LogP contribution in [0, 0.1) is 5.92 Å². The molecule has 6 rings (SSSR count). The average molecular weight is 507 g/mol. The molecule has 0 atom stereocenters. The molecule has 1 N–H and O–H groups in total. The second-order valence-corrected chi connectivity index (χ2v) is 10.9. The second-order valence-electron chi connectivity index (χ2n) is 9.96. The molecule has 2 aromatic heterocycles. The number of rotatable bonds is 8. The normalized spacial score (nSPS) is 19.5. The number of carbonyl (C=O) groups excluding carboxylic acids is 1. The first-order chi connectivity index (χ1) is 17.8. The molecule has 3 saturated heterocycles. The van der Waals surface area contributed by atoms with E-state index < -0.39 is 0 Å². The number of hydrogen-bond donors (Lipinski definition) is 1. The third-order valence-electron chi connectivity index (χ3n) is 7.63. The van der Waals surface area contributed by atoms with Crippen LogP contribution >= 0.6 is 11.3 Å². The highest BCUT2D eigenvalue weighted by atomic mass is 32.1. The van der Waals surface area contributed by atoms with Crippen molar-refractivity contribution in [3.63, 3.8) is 0 Å². The van der Waals surface area contributed by atoms with Gasteiger partial charge in [-0.25, -0.2) is 14.8 Å². The molecule has 0 unspecified atom stereocenters. The van der Waals surface area contributed by atoms with Gasteiger partial charge in [0.05, 0.1) is 12.0 Å². The summed E-state index contributed by atoms with van der Waals surface area (Å²) < 4.78 is 6.07. The van der Waals surface area contributed by atoms with Crippen LogP contribution in [-0.4, -0.2) is 79.9 Å². The molecule has 3 aliphatic heterocycles. The van der Waals surface area contributed by atoms with Gasteiger partial charge in [0.1, 0.15) is 22.0 Å². The topological polar surface area (TPSA) is 73.8 Å². The molecule has 3 aliphatic rings. The van der Waals surface area contributed by atoms with Crippen molar-refractivity contribution in [1.29, 1.82) is 0 Å². The van der Waals surface area contributed by atoms with E-state index in [4.69, 9.17) is 9.72 Å². The number of fused-ring (bicyclic) bond motifs is 1. The van der Waals surface area contributed by atoms with Crippen molar-refractivity contribution in [2.45, 2.75) is 25.7 Å². The minimum Gasteiger partial charge on any atom is -0.380 e. The fourth-order valence-corrected chi connectivity index (χ4v) is 6.82. The lowest BCUT2D eigenvalue weighted by atomic mass is 9.97. The van der Waals surface area contributed by atoms with Crippen molar-refractivity contribution in [3.8, 4) is 11.1 Å². The fourth-order valence-electron chi connectivity index (χ4n) is 5.64. The molecule has 0 spiro atoms. The number of urea groups is 1. The molecule has 8 nitrogen and oxygen atoms in total. The number of hydrogen-bond acceptors (Lipinski definition) is 7. The molecule has 0 aliphatic carbocycles. The lowest BCUT2D eigenvalue weighted by molar-refractivity contribution is 0.0753. The van der Waals surface area contributed by atoms with Crippen molar-refractivity contribution >= 4 is 38.4 Å². The Morgan fingerprint density at radius 2 is 1.83 bits per heavy atom. The van der Waals surface area contributed by atoms with Gasteiger partial charge in [0.15, 0.2) is 0 Å². The number of anilines is 2. The summed E-state index contributed by atoms with van der Waals surface area (Å²) >= 11 is 1.59. The molecule has 0 bridgehead atoms. The van der Waals surface area contributed by atoms with Crippen LogP contribution in [0.25, 0.3) is 21.3 Å². The number of nitrogens with zero attached hydrogens (tertiary/aromatic N) is 5. The summed E-state index contributed by atoms with van der Waals surface area (Å²) in [5, 5.41) is 4.96. The monoisotopic (exact) mass is 506 g/mol. The molecule has 3 fully saturated rings. The van der Waals surface area contributed by atoms with Crippen molar-refractivity contribution in [3.05, 3.63) is 36.7 Å². The Labute approximate surface area is 216 Å². The number of thiophene rings is 1. The maximum Gasteiger partial charge on any atom is 0.322 e. The van der Waals surface area contributed by atoms with Crippen LogP contribution in [0.1, 0.15) is 25.7 Å². The molecule has 190 valence electrons. The molecule has 0 saturated carbocycles. The molecular weight excluding hydrogens is 472 g/mol. The fraction of sp³-hybridized carbons (Fsp3) is 0.519. The van der Waals surface area contributed by atoms with Crippen LogP contribution in [0.3, 0.4) is 0 Å². The summed E-state index contributed by atoms with van der Waals surface area (Å²) in [5.74, 6) is 1.58. The smallest absolute Gasteiger partial charge is 0.322 e. The Morgan fingerprint density at radius 1 is 1.03 bits per heavy atom. The highest BCUT2D eigenvalue weighted by Gasteiger charge is 2.31.